The van der Waals surface area contributed by atoms with E-state index in [-0.39, 0.29) is 5.91 Å². The molecule has 37 heavy (non-hydrogen) atoms. The Labute approximate surface area is 221 Å². The summed E-state index contributed by atoms with van der Waals surface area (Å²) in [6.07, 6.45) is 1.71. The molecule has 0 aliphatic heterocycles. The first-order valence-corrected chi connectivity index (χ1v) is 13.0. The standard InChI is InChI=1S/C27H23N3O5S2/c1-2-35-19-11-12-21-22(16-19)37-27(29-21)30-26(34)25(17-7-4-3-5-8-17)36-20-10-6-9-18(15-20)28-23(31)13-14-24(32)33/h3-16,25H,2H2,1H3,(H,28,31)(H,32,33)(H,29,30,34)/b14-13+. The highest BCUT2D eigenvalue weighted by molar-refractivity contribution is 8.00. The molecule has 0 spiro atoms. The van der Waals surface area contributed by atoms with Gasteiger partial charge in [-0.2, -0.15) is 0 Å². The lowest BCUT2D eigenvalue weighted by Gasteiger charge is -2.16. The van der Waals surface area contributed by atoms with Gasteiger partial charge < -0.3 is 20.5 Å². The van der Waals surface area contributed by atoms with Gasteiger partial charge in [0.2, 0.25) is 11.8 Å². The Balaban J connectivity index is 1.54. The smallest absolute Gasteiger partial charge is 0.328 e. The topological polar surface area (TPSA) is 118 Å². The molecule has 0 radical (unpaired) electrons. The molecule has 3 N–H and O–H groups in total. The minimum Gasteiger partial charge on any atom is -0.494 e. The number of amides is 2. The number of carbonyl (C=O) groups excluding carboxylic acids is 2. The predicted octanol–water partition coefficient (Wildman–Crippen LogP) is 5.75. The Hall–Kier alpha value is -4.15. The monoisotopic (exact) mass is 533 g/mol. The average Bonchev–Trinajstić information content (AvgIpc) is 3.28. The molecule has 0 saturated carbocycles. The van der Waals surface area contributed by atoms with Gasteiger partial charge in [-0.15, -0.1) is 11.8 Å². The van der Waals surface area contributed by atoms with Crippen molar-refractivity contribution in [2.24, 2.45) is 0 Å². The molecule has 0 fully saturated rings. The van der Waals surface area contributed by atoms with Crippen molar-refractivity contribution in [1.82, 2.24) is 4.98 Å². The Morgan fingerprint density at radius 3 is 2.59 bits per heavy atom. The third kappa shape index (κ3) is 7.18. The number of nitrogens with one attached hydrogen (secondary N) is 2. The van der Waals surface area contributed by atoms with E-state index in [2.05, 4.69) is 15.6 Å². The maximum Gasteiger partial charge on any atom is 0.328 e. The molecule has 1 aromatic heterocycles. The summed E-state index contributed by atoms with van der Waals surface area (Å²) >= 11 is 2.70. The van der Waals surface area contributed by atoms with Gasteiger partial charge in [-0.05, 0) is 48.9 Å². The molecule has 0 aliphatic rings. The van der Waals surface area contributed by atoms with Crippen LogP contribution in [0.2, 0.25) is 0 Å². The van der Waals surface area contributed by atoms with E-state index in [0.29, 0.717) is 17.4 Å². The normalized spacial score (nSPS) is 11.8. The first kappa shape index (κ1) is 25.9. The van der Waals surface area contributed by atoms with E-state index >= 15 is 0 Å². The first-order chi connectivity index (χ1) is 17.9. The molecular formula is C27H23N3O5S2. The lowest BCUT2D eigenvalue weighted by molar-refractivity contribution is -0.131. The fourth-order valence-corrected chi connectivity index (χ4v) is 5.38. The molecule has 1 heterocycles. The maximum absolute atomic E-state index is 13.5. The van der Waals surface area contributed by atoms with Gasteiger partial charge in [0, 0.05) is 22.7 Å². The minimum absolute atomic E-state index is 0.237. The summed E-state index contributed by atoms with van der Waals surface area (Å²) in [6.45, 7) is 2.48. The molecule has 3 aromatic carbocycles. The van der Waals surface area contributed by atoms with Crippen LogP contribution in [0.1, 0.15) is 17.7 Å². The molecule has 188 valence electrons. The van der Waals surface area contributed by atoms with Crippen molar-refractivity contribution in [3.05, 3.63) is 90.5 Å². The zero-order valence-corrected chi connectivity index (χ0v) is 21.3. The van der Waals surface area contributed by atoms with Gasteiger partial charge in [0.1, 0.15) is 11.0 Å². The van der Waals surface area contributed by atoms with Crippen LogP contribution in [0.4, 0.5) is 10.8 Å². The third-order valence-corrected chi connectivity index (χ3v) is 7.16. The van der Waals surface area contributed by atoms with Crippen LogP contribution < -0.4 is 15.4 Å². The highest BCUT2D eigenvalue weighted by Gasteiger charge is 2.23. The number of thioether (sulfide) groups is 1. The van der Waals surface area contributed by atoms with Gasteiger partial charge in [0.25, 0.3) is 0 Å². The van der Waals surface area contributed by atoms with Crippen molar-refractivity contribution in [3.8, 4) is 5.75 Å². The Bertz CT molecular complexity index is 1450. The number of anilines is 2. The Kier molecular flexibility index (Phi) is 8.55. The summed E-state index contributed by atoms with van der Waals surface area (Å²) < 4.78 is 6.46. The number of carbonyl (C=O) groups is 3. The highest BCUT2D eigenvalue weighted by Crippen LogP contribution is 2.38. The van der Waals surface area contributed by atoms with Gasteiger partial charge in [-0.3, -0.25) is 9.59 Å². The van der Waals surface area contributed by atoms with Crippen LogP contribution in [-0.4, -0.2) is 34.5 Å². The largest absolute Gasteiger partial charge is 0.494 e. The molecule has 4 rings (SSSR count). The number of thiazole rings is 1. The predicted molar refractivity (Wildman–Crippen MR) is 146 cm³/mol. The number of fused-ring (bicyclic) bond motifs is 1. The molecule has 8 nitrogen and oxygen atoms in total. The number of rotatable bonds is 10. The second-order valence-electron chi connectivity index (χ2n) is 7.67. The molecule has 4 aromatic rings. The number of aromatic nitrogens is 1. The van der Waals surface area contributed by atoms with Gasteiger partial charge in [0.15, 0.2) is 5.13 Å². The van der Waals surface area contributed by atoms with Crippen LogP contribution in [0.25, 0.3) is 10.2 Å². The number of ether oxygens (including phenoxy) is 1. The number of hydrogen-bond acceptors (Lipinski definition) is 7. The van der Waals surface area contributed by atoms with Crippen LogP contribution in [0.5, 0.6) is 5.75 Å². The molecule has 10 heteroatoms. The quantitative estimate of drug-likeness (QED) is 0.176. The molecule has 1 unspecified atom stereocenters. The van der Waals surface area contributed by atoms with E-state index in [0.717, 1.165) is 38.6 Å². The first-order valence-electron chi connectivity index (χ1n) is 11.3. The van der Waals surface area contributed by atoms with E-state index in [1.165, 1.54) is 23.1 Å². The summed E-state index contributed by atoms with van der Waals surface area (Å²) in [5.41, 5.74) is 2.06. The number of hydrogen-bond donors (Lipinski definition) is 3. The zero-order valence-electron chi connectivity index (χ0n) is 19.7. The molecule has 0 saturated heterocycles. The molecule has 2 amide bonds. The van der Waals surface area contributed by atoms with Gasteiger partial charge in [0.05, 0.1) is 16.8 Å². The van der Waals surface area contributed by atoms with E-state index in [1.807, 2.05) is 61.5 Å². The summed E-state index contributed by atoms with van der Waals surface area (Å²) in [7, 11) is 0. The third-order valence-electron chi connectivity index (χ3n) is 4.97. The molecule has 0 aliphatic carbocycles. The highest BCUT2D eigenvalue weighted by atomic mass is 32.2. The van der Waals surface area contributed by atoms with Crippen LogP contribution in [0.15, 0.2) is 89.8 Å². The van der Waals surface area contributed by atoms with Crippen molar-refractivity contribution in [2.45, 2.75) is 17.1 Å². The Morgan fingerprint density at radius 1 is 1.03 bits per heavy atom. The van der Waals surface area contributed by atoms with Gasteiger partial charge >= 0.3 is 5.97 Å². The van der Waals surface area contributed by atoms with Crippen molar-refractivity contribution in [2.75, 3.05) is 17.2 Å². The number of benzene rings is 3. The van der Waals surface area contributed by atoms with Crippen LogP contribution in [-0.2, 0) is 14.4 Å². The van der Waals surface area contributed by atoms with E-state index in [1.54, 1.807) is 18.2 Å². The summed E-state index contributed by atoms with van der Waals surface area (Å²) in [4.78, 5) is 41.3. The van der Waals surface area contributed by atoms with Gasteiger partial charge in [-0.1, -0.05) is 47.7 Å². The molecular weight excluding hydrogens is 510 g/mol. The van der Waals surface area contributed by atoms with Crippen molar-refractivity contribution < 1.29 is 24.2 Å². The number of carboxylic acid groups (broad SMARTS) is 1. The van der Waals surface area contributed by atoms with E-state index in [9.17, 15) is 14.4 Å². The van der Waals surface area contributed by atoms with E-state index in [4.69, 9.17) is 9.84 Å². The second kappa shape index (κ2) is 12.2. The van der Waals surface area contributed by atoms with Crippen LogP contribution >= 0.6 is 23.1 Å². The van der Waals surface area contributed by atoms with Gasteiger partial charge in [-0.25, -0.2) is 9.78 Å². The second-order valence-corrected chi connectivity index (χ2v) is 9.88. The maximum atomic E-state index is 13.5. The fourth-order valence-electron chi connectivity index (χ4n) is 3.40. The summed E-state index contributed by atoms with van der Waals surface area (Å²) in [5.74, 6) is -1.26. The molecule has 1 atom stereocenters. The Morgan fingerprint density at radius 2 is 1.84 bits per heavy atom. The van der Waals surface area contributed by atoms with E-state index < -0.39 is 17.1 Å². The fraction of sp³-hybridized carbons (Fsp3) is 0.111. The zero-order chi connectivity index (χ0) is 26.2. The van der Waals surface area contributed by atoms with Crippen molar-refractivity contribution in [1.29, 1.82) is 0 Å². The van der Waals surface area contributed by atoms with Crippen LogP contribution in [0.3, 0.4) is 0 Å². The number of carboxylic acids is 1. The summed E-state index contributed by atoms with van der Waals surface area (Å²) in [6, 6.07) is 22.0. The van der Waals surface area contributed by atoms with Crippen molar-refractivity contribution >= 4 is 61.9 Å². The molecule has 0 bridgehead atoms. The number of aliphatic carboxylic acids is 1. The lowest BCUT2D eigenvalue weighted by atomic mass is 10.1. The van der Waals surface area contributed by atoms with Crippen LogP contribution in [0, 0.1) is 0 Å². The SMILES string of the molecule is CCOc1ccc2nc(NC(=O)C(Sc3cccc(NC(=O)/C=C/C(=O)O)c3)c3ccccc3)sc2c1. The lowest BCUT2D eigenvalue weighted by Crippen LogP contribution is -2.19. The summed E-state index contributed by atoms with van der Waals surface area (Å²) in [5, 5.41) is 14.2. The minimum atomic E-state index is -1.21. The average molecular weight is 534 g/mol. The number of nitrogens with zero attached hydrogens (tertiary/aromatic N) is 1. The van der Waals surface area contributed by atoms with Crippen molar-refractivity contribution in [3.63, 3.8) is 0 Å².